The molecule has 0 aromatic carbocycles. The number of nitriles is 1. The lowest BCUT2D eigenvalue weighted by Crippen LogP contribution is -2.30. The smallest absolute Gasteiger partial charge is 0.184 e. The maximum absolute atomic E-state index is 8.32. The summed E-state index contributed by atoms with van der Waals surface area (Å²) >= 11 is 4.86. The van der Waals surface area contributed by atoms with E-state index in [1.54, 1.807) is 6.19 Å². The second-order valence-corrected chi connectivity index (χ2v) is 3.32. The predicted octanol–water partition coefficient (Wildman–Crippen LogP) is 1.58. The average molecular weight is 205 g/mol. The van der Waals surface area contributed by atoms with Crippen LogP contribution in [0, 0.1) is 17.4 Å². The Bertz CT molecular complexity index is 347. The third kappa shape index (κ3) is 3.42. The zero-order chi connectivity index (χ0) is 10.4. The Hall–Kier alpha value is -1.60. The SMILES string of the molecule is CC1C=CC=C(NC(=S)NC#N)C=C1. The van der Waals surface area contributed by atoms with Crippen LogP contribution >= 0.6 is 12.2 Å². The van der Waals surface area contributed by atoms with Gasteiger partial charge in [-0.05, 0) is 30.3 Å². The van der Waals surface area contributed by atoms with Crippen molar-refractivity contribution in [2.24, 2.45) is 5.92 Å². The Morgan fingerprint density at radius 2 is 2.36 bits per heavy atom. The molecule has 1 aliphatic carbocycles. The van der Waals surface area contributed by atoms with Crippen LogP contribution in [0.15, 0.2) is 36.1 Å². The summed E-state index contributed by atoms with van der Waals surface area (Å²) in [6.07, 6.45) is 11.7. The number of allylic oxidation sites excluding steroid dienone is 5. The van der Waals surface area contributed by atoms with Gasteiger partial charge in [0.15, 0.2) is 11.3 Å². The van der Waals surface area contributed by atoms with Gasteiger partial charge in [0, 0.05) is 5.70 Å². The van der Waals surface area contributed by atoms with E-state index in [2.05, 4.69) is 29.7 Å². The molecular weight excluding hydrogens is 194 g/mol. The van der Waals surface area contributed by atoms with Gasteiger partial charge in [-0.1, -0.05) is 25.2 Å². The highest BCUT2D eigenvalue weighted by molar-refractivity contribution is 7.80. The van der Waals surface area contributed by atoms with E-state index >= 15 is 0 Å². The van der Waals surface area contributed by atoms with Gasteiger partial charge >= 0.3 is 0 Å². The Kier molecular flexibility index (Phi) is 3.89. The molecule has 0 fully saturated rings. The first-order valence-electron chi connectivity index (χ1n) is 4.25. The molecule has 14 heavy (non-hydrogen) atoms. The van der Waals surface area contributed by atoms with Gasteiger partial charge < -0.3 is 5.32 Å². The Labute approximate surface area is 88.8 Å². The van der Waals surface area contributed by atoms with E-state index in [0.717, 1.165) is 5.70 Å². The van der Waals surface area contributed by atoms with Gasteiger partial charge in [-0.15, -0.1) is 0 Å². The molecule has 0 spiro atoms. The van der Waals surface area contributed by atoms with Crippen molar-refractivity contribution >= 4 is 17.3 Å². The topological polar surface area (TPSA) is 47.8 Å². The molecule has 0 saturated heterocycles. The van der Waals surface area contributed by atoms with Crippen LogP contribution in [0.25, 0.3) is 0 Å². The first-order valence-corrected chi connectivity index (χ1v) is 4.66. The van der Waals surface area contributed by atoms with Crippen LogP contribution < -0.4 is 10.6 Å². The van der Waals surface area contributed by atoms with Crippen LogP contribution in [0.3, 0.4) is 0 Å². The third-order valence-electron chi connectivity index (χ3n) is 1.70. The summed E-state index contributed by atoms with van der Waals surface area (Å²) < 4.78 is 0. The number of rotatable bonds is 1. The van der Waals surface area contributed by atoms with E-state index < -0.39 is 0 Å². The molecule has 4 heteroatoms. The number of nitrogens with one attached hydrogen (secondary N) is 2. The van der Waals surface area contributed by atoms with Crippen LogP contribution in [0.4, 0.5) is 0 Å². The molecular formula is C10H11N3S. The number of hydrogen-bond acceptors (Lipinski definition) is 2. The molecule has 1 atom stereocenters. The van der Waals surface area contributed by atoms with Crippen molar-refractivity contribution in [1.29, 1.82) is 5.26 Å². The van der Waals surface area contributed by atoms with Gasteiger partial charge in [-0.3, -0.25) is 5.32 Å². The first-order chi connectivity index (χ1) is 6.72. The Morgan fingerprint density at radius 3 is 3.07 bits per heavy atom. The molecule has 0 saturated carbocycles. The number of hydrogen-bond donors (Lipinski definition) is 2. The van der Waals surface area contributed by atoms with Gasteiger partial charge in [0.1, 0.15) is 0 Å². The van der Waals surface area contributed by atoms with Crippen molar-refractivity contribution in [3.8, 4) is 6.19 Å². The second kappa shape index (κ2) is 5.20. The van der Waals surface area contributed by atoms with Crippen LogP contribution in [-0.4, -0.2) is 5.11 Å². The summed E-state index contributed by atoms with van der Waals surface area (Å²) in [5, 5.41) is 13.9. The molecule has 1 aliphatic rings. The normalized spacial score (nSPS) is 19.1. The lowest BCUT2D eigenvalue weighted by Gasteiger charge is -2.04. The summed E-state index contributed by atoms with van der Waals surface area (Å²) in [7, 11) is 0. The summed E-state index contributed by atoms with van der Waals surface area (Å²) in [4.78, 5) is 0. The first kappa shape index (κ1) is 10.5. The van der Waals surface area contributed by atoms with Crippen LogP contribution in [0.1, 0.15) is 6.92 Å². The highest BCUT2D eigenvalue weighted by Gasteiger charge is 1.99. The van der Waals surface area contributed by atoms with Crippen molar-refractivity contribution in [2.75, 3.05) is 0 Å². The zero-order valence-electron chi connectivity index (χ0n) is 7.82. The monoisotopic (exact) mass is 205 g/mol. The maximum atomic E-state index is 8.32. The van der Waals surface area contributed by atoms with Crippen molar-refractivity contribution in [3.05, 3.63) is 36.1 Å². The zero-order valence-corrected chi connectivity index (χ0v) is 8.64. The minimum absolute atomic E-state index is 0.311. The van der Waals surface area contributed by atoms with E-state index in [4.69, 9.17) is 17.5 Å². The van der Waals surface area contributed by atoms with Crippen LogP contribution in [0.2, 0.25) is 0 Å². The second-order valence-electron chi connectivity index (χ2n) is 2.92. The van der Waals surface area contributed by atoms with E-state index in [1.165, 1.54) is 0 Å². The molecule has 0 bridgehead atoms. The number of thiocarbonyl (C=S) groups is 1. The van der Waals surface area contributed by atoms with Crippen molar-refractivity contribution < 1.29 is 0 Å². The van der Waals surface area contributed by atoms with E-state index in [0.29, 0.717) is 11.0 Å². The lowest BCUT2D eigenvalue weighted by molar-refractivity contribution is 0.940. The molecule has 0 amide bonds. The third-order valence-corrected chi connectivity index (χ3v) is 1.90. The highest BCUT2D eigenvalue weighted by atomic mass is 32.1. The fourth-order valence-electron chi connectivity index (χ4n) is 1.01. The van der Waals surface area contributed by atoms with Crippen molar-refractivity contribution in [1.82, 2.24) is 10.6 Å². The molecule has 72 valence electrons. The van der Waals surface area contributed by atoms with Gasteiger partial charge in [-0.2, -0.15) is 5.26 Å². The van der Waals surface area contributed by atoms with Crippen LogP contribution in [-0.2, 0) is 0 Å². The average Bonchev–Trinajstić information content (AvgIpc) is 2.32. The van der Waals surface area contributed by atoms with Gasteiger partial charge in [0.05, 0.1) is 0 Å². The molecule has 0 aromatic rings. The summed E-state index contributed by atoms with van der Waals surface area (Å²) in [6, 6.07) is 0. The Morgan fingerprint density at radius 1 is 1.57 bits per heavy atom. The van der Waals surface area contributed by atoms with E-state index in [1.807, 2.05) is 18.2 Å². The van der Waals surface area contributed by atoms with E-state index in [-0.39, 0.29) is 0 Å². The summed E-state index contributed by atoms with van der Waals surface area (Å²) in [6.45, 7) is 2.09. The largest absolute Gasteiger partial charge is 0.332 e. The molecule has 3 nitrogen and oxygen atoms in total. The van der Waals surface area contributed by atoms with Crippen LogP contribution in [0.5, 0.6) is 0 Å². The quantitative estimate of drug-likeness (QED) is 0.387. The van der Waals surface area contributed by atoms with Crippen molar-refractivity contribution in [2.45, 2.75) is 6.92 Å². The molecule has 1 rings (SSSR count). The fourth-order valence-corrected chi connectivity index (χ4v) is 1.17. The summed E-state index contributed by atoms with van der Waals surface area (Å²) in [5.74, 6) is 0.419. The Balaban J connectivity index is 2.58. The molecule has 1 unspecified atom stereocenters. The molecule has 0 radical (unpaired) electrons. The predicted molar refractivity (Wildman–Crippen MR) is 60.0 cm³/mol. The summed E-state index contributed by atoms with van der Waals surface area (Å²) in [5.41, 5.74) is 0.873. The number of nitrogens with zero attached hydrogens (tertiary/aromatic N) is 1. The highest BCUT2D eigenvalue weighted by Crippen LogP contribution is 2.07. The molecule has 2 N–H and O–H groups in total. The molecule has 0 aliphatic heterocycles. The van der Waals surface area contributed by atoms with E-state index in [9.17, 15) is 0 Å². The van der Waals surface area contributed by atoms with Crippen molar-refractivity contribution in [3.63, 3.8) is 0 Å². The lowest BCUT2D eigenvalue weighted by atomic mass is 10.2. The maximum Gasteiger partial charge on any atom is 0.184 e. The van der Waals surface area contributed by atoms with Gasteiger partial charge in [-0.25, -0.2) is 0 Å². The van der Waals surface area contributed by atoms with Gasteiger partial charge in [0.2, 0.25) is 0 Å². The molecule has 0 aromatic heterocycles. The molecule has 0 heterocycles. The minimum atomic E-state index is 0.311. The fraction of sp³-hybridized carbons (Fsp3) is 0.200. The minimum Gasteiger partial charge on any atom is -0.332 e. The van der Waals surface area contributed by atoms with Gasteiger partial charge in [0.25, 0.3) is 0 Å². The standard InChI is InChI=1S/C10H11N3S/c1-8-3-2-4-9(6-5-8)13-10(14)12-7-11/h2-6,8H,1H3,(H2,12,13,14).